The van der Waals surface area contributed by atoms with Crippen LogP contribution in [0.3, 0.4) is 0 Å². The first-order valence-electron chi connectivity index (χ1n) is 4.43. The van der Waals surface area contributed by atoms with Crippen molar-refractivity contribution in [1.29, 1.82) is 0 Å². The highest BCUT2D eigenvalue weighted by Gasteiger charge is 2.02. The van der Waals surface area contributed by atoms with Crippen LogP contribution in [0.1, 0.15) is 0 Å². The van der Waals surface area contributed by atoms with Gasteiger partial charge in [-0.2, -0.15) is 0 Å². The first kappa shape index (κ1) is 10.7. The van der Waals surface area contributed by atoms with Crippen LogP contribution < -0.4 is 4.74 Å². The minimum Gasteiger partial charge on any atom is -0.456 e. The molecule has 2 aromatic carbocycles. The Morgan fingerprint density at radius 2 is 1.60 bits per heavy atom. The SMILES string of the molecule is Brc1ccc(Br)c(Oc2ccccc2)c1. The minimum atomic E-state index is 0.801. The topological polar surface area (TPSA) is 9.23 Å². The molecule has 0 saturated carbocycles. The summed E-state index contributed by atoms with van der Waals surface area (Å²) in [6.07, 6.45) is 0. The molecule has 0 bridgehead atoms. The van der Waals surface area contributed by atoms with E-state index < -0.39 is 0 Å². The molecule has 1 nitrogen and oxygen atoms in total. The molecule has 3 heteroatoms. The summed E-state index contributed by atoms with van der Waals surface area (Å²) in [4.78, 5) is 0. The zero-order chi connectivity index (χ0) is 10.7. The molecule has 0 amide bonds. The van der Waals surface area contributed by atoms with Gasteiger partial charge in [-0.1, -0.05) is 34.1 Å². The molecular formula is C12H8Br2O. The average Bonchev–Trinajstić information content (AvgIpc) is 2.25. The van der Waals surface area contributed by atoms with Crippen molar-refractivity contribution in [2.45, 2.75) is 0 Å². The minimum absolute atomic E-state index is 0.801. The summed E-state index contributed by atoms with van der Waals surface area (Å²) in [7, 11) is 0. The van der Waals surface area contributed by atoms with Gasteiger partial charge in [0.25, 0.3) is 0 Å². The quantitative estimate of drug-likeness (QED) is 0.753. The number of hydrogen-bond acceptors (Lipinski definition) is 1. The van der Waals surface area contributed by atoms with Crippen molar-refractivity contribution in [2.75, 3.05) is 0 Å². The standard InChI is InChI=1S/C12H8Br2O/c13-9-6-7-11(14)12(8-9)15-10-4-2-1-3-5-10/h1-8H. The van der Waals surface area contributed by atoms with Crippen LogP contribution in [-0.4, -0.2) is 0 Å². The van der Waals surface area contributed by atoms with Gasteiger partial charge in [-0.15, -0.1) is 0 Å². The molecule has 2 rings (SSSR count). The van der Waals surface area contributed by atoms with Crippen LogP contribution in [-0.2, 0) is 0 Å². The molecule has 0 N–H and O–H groups in total. The molecule has 76 valence electrons. The van der Waals surface area contributed by atoms with Gasteiger partial charge in [-0.05, 0) is 46.3 Å². The number of hydrogen-bond donors (Lipinski definition) is 0. The smallest absolute Gasteiger partial charge is 0.142 e. The Morgan fingerprint density at radius 1 is 0.867 bits per heavy atom. The van der Waals surface area contributed by atoms with Crippen molar-refractivity contribution in [3.8, 4) is 11.5 Å². The van der Waals surface area contributed by atoms with E-state index in [1.807, 2.05) is 48.5 Å². The first-order chi connectivity index (χ1) is 7.25. The van der Waals surface area contributed by atoms with Crippen molar-refractivity contribution in [3.05, 3.63) is 57.5 Å². The lowest BCUT2D eigenvalue weighted by Crippen LogP contribution is -1.84. The van der Waals surface area contributed by atoms with Gasteiger partial charge in [-0.3, -0.25) is 0 Å². The number of benzene rings is 2. The molecule has 15 heavy (non-hydrogen) atoms. The maximum Gasteiger partial charge on any atom is 0.142 e. The largest absolute Gasteiger partial charge is 0.456 e. The first-order valence-corrected chi connectivity index (χ1v) is 6.02. The number of ether oxygens (including phenoxy) is 1. The Morgan fingerprint density at radius 3 is 2.33 bits per heavy atom. The summed E-state index contributed by atoms with van der Waals surface area (Å²) in [6.45, 7) is 0. The van der Waals surface area contributed by atoms with Crippen molar-refractivity contribution in [3.63, 3.8) is 0 Å². The van der Waals surface area contributed by atoms with Crippen LogP contribution in [0.2, 0.25) is 0 Å². The lowest BCUT2D eigenvalue weighted by atomic mass is 10.3. The third-order valence-corrected chi connectivity index (χ3v) is 3.01. The predicted molar refractivity (Wildman–Crippen MR) is 68.4 cm³/mol. The summed E-state index contributed by atoms with van der Waals surface area (Å²) >= 11 is 6.85. The van der Waals surface area contributed by atoms with Gasteiger partial charge < -0.3 is 4.74 Å². The summed E-state index contributed by atoms with van der Waals surface area (Å²) in [6, 6.07) is 15.5. The maximum absolute atomic E-state index is 5.71. The molecule has 0 aromatic heterocycles. The molecule has 0 fully saturated rings. The fraction of sp³-hybridized carbons (Fsp3) is 0. The van der Waals surface area contributed by atoms with E-state index in [0.29, 0.717) is 0 Å². The van der Waals surface area contributed by atoms with Crippen LogP contribution >= 0.6 is 31.9 Å². The van der Waals surface area contributed by atoms with Crippen LogP contribution in [0.4, 0.5) is 0 Å². The lowest BCUT2D eigenvalue weighted by molar-refractivity contribution is 0.479. The van der Waals surface area contributed by atoms with Crippen LogP contribution in [0.25, 0.3) is 0 Å². The van der Waals surface area contributed by atoms with Gasteiger partial charge in [0.05, 0.1) is 4.47 Å². The summed E-state index contributed by atoms with van der Waals surface area (Å²) < 4.78 is 7.65. The second-order valence-corrected chi connectivity index (χ2v) is 4.76. The fourth-order valence-electron chi connectivity index (χ4n) is 1.17. The zero-order valence-corrected chi connectivity index (χ0v) is 11.0. The third kappa shape index (κ3) is 2.83. The molecule has 0 atom stereocenters. The second kappa shape index (κ2) is 4.81. The Hall–Kier alpha value is -0.800. The van der Waals surface area contributed by atoms with Gasteiger partial charge in [0.2, 0.25) is 0 Å². The van der Waals surface area contributed by atoms with Gasteiger partial charge in [-0.25, -0.2) is 0 Å². The van der Waals surface area contributed by atoms with Gasteiger partial charge in [0.15, 0.2) is 0 Å². The van der Waals surface area contributed by atoms with Crippen molar-refractivity contribution in [1.82, 2.24) is 0 Å². The van der Waals surface area contributed by atoms with E-state index in [9.17, 15) is 0 Å². The normalized spacial score (nSPS) is 10.0. The highest BCUT2D eigenvalue weighted by Crippen LogP contribution is 2.31. The Kier molecular flexibility index (Phi) is 3.44. The molecule has 0 radical (unpaired) electrons. The molecule has 0 unspecified atom stereocenters. The zero-order valence-electron chi connectivity index (χ0n) is 7.78. The van der Waals surface area contributed by atoms with Gasteiger partial charge in [0.1, 0.15) is 11.5 Å². The van der Waals surface area contributed by atoms with E-state index in [4.69, 9.17) is 4.74 Å². The molecule has 0 aliphatic carbocycles. The van der Waals surface area contributed by atoms with Crippen LogP contribution in [0, 0.1) is 0 Å². The van der Waals surface area contributed by atoms with E-state index in [-0.39, 0.29) is 0 Å². The van der Waals surface area contributed by atoms with Crippen molar-refractivity contribution >= 4 is 31.9 Å². The number of para-hydroxylation sites is 1. The molecular weight excluding hydrogens is 320 g/mol. The van der Waals surface area contributed by atoms with E-state index in [1.165, 1.54) is 0 Å². The van der Waals surface area contributed by atoms with E-state index in [2.05, 4.69) is 31.9 Å². The molecule has 0 aliphatic rings. The molecule has 0 spiro atoms. The third-order valence-electron chi connectivity index (χ3n) is 1.86. The fourth-order valence-corrected chi connectivity index (χ4v) is 1.84. The predicted octanol–water partition coefficient (Wildman–Crippen LogP) is 5.00. The average molecular weight is 328 g/mol. The molecule has 0 heterocycles. The van der Waals surface area contributed by atoms with Crippen LogP contribution in [0.15, 0.2) is 57.5 Å². The monoisotopic (exact) mass is 326 g/mol. The van der Waals surface area contributed by atoms with Gasteiger partial charge >= 0.3 is 0 Å². The highest BCUT2D eigenvalue weighted by atomic mass is 79.9. The summed E-state index contributed by atoms with van der Waals surface area (Å²) in [5.74, 6) is 1.63. The van der Waals surface area contributed by atoms with Crippen molar-refractivity contribution in [2.24, 2.45) is 0 Å². The Labute approximate surface area is 105 Å². The van der Waals surface area contributed by atoms with Crippen molar-refractivity contribution < 1.29 is 4.74 Å². The van der Waals surface area contributed by atoms with E-state index >= 15 is 0 Å². The van der Waals surface area contributed by atoms with E-state index in [0.717, 1.165) is 20.4 Å². The Bertz CT molecular complexity index is 454. The van der Waals surface area contributed by atoms with E-state index in [1.54, 1.807) is 0 Å². The van der Waals surface area contributed by atoms with Crippen LogP contribution in [0.5, 0.6) is 11.5 Å². The summed E-state index contributed by atoms with van der Waals surface area (Å²) in [5.41, 5.74) is 0. The molecule has 0 saturated heterocycles. The second-order valence-electron chi connectivity index (χ2n) is 2.99. The Balaban J connectivity index is 2.28. The number of halogens is 2. The summed E-state index contributed by atoms with van der Waals surface area (Å²) in [5, 5.41) is 0. The highest BCUT2D eigenvalue weighted by molar-refractivity contribution is 9.11. The molecule has 2 aromatic rings. The molecule has 0 aliphatic heterocycles. The lowest BCUT2D eigenvalue weighted by Gasteiger charge is -2.07. The van der Waals surface area contributed by atoms with Gasteiger partial charge in [0, 0.05) is 4.47 Å². The number of rotatable bonds is 2. The maximum atomic E-state index is 5.71.